The summed E-state index contributed by atoms with van der Waals surface area (Å²) < 4.78 is 28.0. The minimum Gasteiger partial charge on any atom is -0.497 e. The fourth-order valence-electron chi connectivity index (χ4n) is 2.56. The van der Waals surface area contributed by atoms with Gasteiger partial charge in [0, 0.05) is 18.8 Å². The molecule has 1 aliphatic rings. The summed E-state index contributed by atoms with van der Waals surface area (Å²) in [5, 5.41) is 3.43. The Morgan fingerprint density at radius 2 is 2.05 bits per heavy atom. The van der Waals surface area contributed by atoms with Crippen LogP contribution < -0.4 is 10.1 Å². The van der Waals surface area contributed by atoms with Crippen LogP contribution in [0, 0.1) is 0 Å². The van der Waals surface area contributed by atoms with E-state index in [1.54, 1.807) is 21.0 Å². The molecule has 0 radical (unpaired) electrons. The van der Waals surface area contributed by atoms with Gasteiger partial charge in [0.05, 0.1) is 11.9 Å². The van der Waals surface area contributed by atoms with Crippen LogP contribution in [0.3, 0.4) is 0 Å². The van der Waals surface area contributed by atoms with Crippen molar-refractivity contribution in [3.8, 4) is 5.75 Å². The Hall–Kier alpha value is -1.07. The monoisotopic (exact) mass is 311 g/mol. The van der Waals surface area contributed by atoms with Gasteiger partial charge in [0.25, 0.3) is 0 Å². The summed E-state index contributed by atoms with van der Waals surface area (Å²) in [6.45, 7) is 4.03. The van der Waals surface area contributed by atoms with E-state index in [1.165, 1.54) is 17.4 Å². The van der Waals surface area contributed by atoms with Crippen LogP contribution in [0.15, 0.2) is 18.2 Å². The average Bonchev–Trinajstić information content (AvgIpc) is 2.43. The Bertz CT molecular complexity index is 608. The smallest absolute Gasteiger partial charge is 0.153 e. The van der Waals surface area contributed by atoms with Gasteiger partial charge >= 0.3 is 0 Å². The van der Waals surface area contributed by atoms with E-state index in [9.17, 15) is 8.42 Å². The largest absolute Gasteiger partial charge is 0.497 e. The fourth-order valence-corrected chi connectivity index (χ4v) is 2.90. The zero-order valence-electron chi connectivity index (χ0n) is 13.3. The summed E-state index contributed by atoms with van der Waals surface area (Å²) in [6.07, 6.45) is 4.29. The quantitative estimate of drug-likeness (QED) is 0.903. The van der Waals surface area contributed by atoms with Crippen LogP contribution in [0.4, 0.5) is 0 Å². The Balaban J connectivity index is 2.02. The molecule has 5 heteroatoms. The second-order valence-corrected chi connectivity index (χ2v) is 9.14. The molecule has 1 unspecified atom stereocenters. The van der Waals surface area contributed by atoms with Crippen LogP contribution in [-0.2, 0) is 22.7 Å². The van der Waals surface area contributed by atoms with Gasteiger partial charge in [-0.1, -0.05) is 6.07 Å². The van der Waals surface area contributed by atoms with Crippen LogP contribution in [0.1, 0.15) is 31.4 Å². The van der Waals surface area contributed by atoms with Gasteiger partial charge < -0.3 is 10.1 Å². The van der Waals surface area contributed by atoms with Gasteiger partial charge in [0.2, 0.25) is 0 Å². The van der Waals surface area contributed by atoms with Crippen molar-refractivity contribution in [2.45, 2.75) is 43.9 Å². The lowest BCUT2D eigenvalue weighted by Crippen LogP contribution is -2.46. The lowest BCUT2D eigenvalue weighted by molar-refractivity contribution is 0.408. The zero-order valence-corrected chi connectivity index (χ0v) is 14.1. The van der Waals surface area contributed by atoms with Crippen molar-refractivity contribution in [2.24, 2.45) is 0 Å². The van der Waals surface area contributed by atoms with E-state index in [2.05, 4.69) is 17.4 Å². The van der Waals surface area contributed by atoms with E-state index in [1.807, 2.05) is 6.07 Å². The molecule has 0 aromatic heterocycles. The van der Waals surface area contributed by atoms with Crippen molar-refractivity contribution in [3.05, 3.63) is 29.3 Å². The number of rotatable bonds is 5. The first kappa shape index (κ1) is 16.3. The molecule has 1 aliphatic carbocycles. The Labute approximate surface area is 127 Å². The van der Waals surface area contributed by atoms with Gasteiger partial charge in [-0.05, 0) is 56.4 Å². The molecule has 2 rings (SSSR count). The first-order chi connectivity index (χ1) is 9.73. The maximum Gasteiger partial charge on any atom is 0.153 e. The molecule has 0 saturated heterocycles. The van der Waals surface area contributed by atoms with Crippen LogP contribution in [-0.4, -0.2) is 39.1 Å². The molecule has 0 fully saturated rings. The summed E-state index contributed by atoms with van der Waals surface area (Å²) in [7, 11) is -1.38. The molecule has 0 saturated carbocycles. The van der Waals surface area contributed by atoms with Gasteiger partial charge in [-0.2, -0.15) is 0 Å². The third-order valence-corrected chi connectivity index (χ3v) is 6.61. The molecule has 0 spiro atoms. The number of aryl methyl sites for hydroxylation is 1. The molecular weight excluding hydrogens is 286 g/mol. The minimum atomic E-state index is -3.06. The molecule has 0 bridgehead atoms. The number of ether oxygens (including phenoxy) is 1. The standard InChI is InChI=1S/C16H25NO3S/c1-16(2,21(4,18)19)11-17-14-7-5-12-6-8-15(20-3)10-13(12)9-14/h6,8,10,14,17H,5,7,9,11H2,1-4H3. The van der Waals surface area contributed by atoms with Crippen molar-refractivity contribution < 1.29 is 13.2 Å². The molecule has 21 heavy (non-hydrogen) atoms. The molecule has 0 aliphatic heterocycles. The normalized spacial score (nSPS) is 19.1. The second kappa shape index (κ2) is 5.97. The summed E-state index contributed by atoms with van der Waals surface area (Å²) >= 11 is 0. The third-order valence-electron chi connectivity index (χ3n) is 4.46. The lowest BCUT2D eigenvalue weighted by atomic mass is 9.88. The molecule has 118 valence electrons. The second-order valence-electron chi connectivity index (χ2n) is 6.49. The topological polar surface area (TPSA) is 55.4 Å². The van der Waals surface area contributed by atoms with Gasteiger partial charge in [0.15, 0.2) is 9.84 Å². The Morgan fingerprint density at radius 3 is 2.67 bits per heavy atom. The Kier molecular flexibility index (Phi) is 4.63. The van der Waals surface area contributed by atoms with E-state index >= 15 is 0 Å². The highest BCUT2D eigenvalue weighted by Crippen LogP contribution is 2.26. The van der Waals surface area contributed by atoms with Crippen molar-refractivity contribution in [3.63, 3.8) is 0 Å². The van der Waals surface area contributed by atoms with Crippen molar-refractivity contribution in [2.75, 3.05) is 19.9 Å². The van der Waals surface area contributed by atoms with Crippen LogP contribution in [0.5, 0.6) is 5.75 Å². The van der Waals surface area contributed by atoms with Gasteiger partial charge in [-0.25, -0.2) is 8.42 Å². The van der Waals surface area contributed by atoms with Gasteiger partial charge in [-0.3, -0.25) is 0 Å². The number of hydrogen-bond donors (Lipinski definition) is 1. The average molecular weight is 311 g/mol. The molecule has 0 amide bonds. The van der Waals surface area contributed by atoms with Crippen molar-refractivity contribution in [1.29, 1.82) is 0 Å². The molecular formula is C16H25NO3S. The van der Waals surface area contributed by atoms with Gasteiger partial charge in [-0.15, -0.1) is 0 Å². The summed E-state index contributed by atoms with van der Waals surface area (Å²) in [6, 6.07) is 6.54. The molecule has 1 N–H and O–H groups in total. The maximum atomic E-state index is 11.8. The van der Waals surface area contributed by atoms with E-state index in [4.69, 9.17) is 4.74 Å². The molecule has 4 nitrogen and oxygen atoms in total. The number of sulfone groups is 1. The first-order valence-electron chi connectivity index (χ1n) is 7.32. The predicted octanol–water partition coefficient (Wildman–Crippen LogP) is 1.97. The predicted molar refractivity (Wildman–Crippen MR) is 85.7 cm³/mol. The molecule has 1 aromatic carbocycles. The number of fused-ring (bicyclic) bond motifs is 1. The minimum absolute atomic E-state index is 0.325. The maximum absolute atomic E-state index is 11.8. The van der Waals surface area contributed by atoms with Crippen molar-refractivity contribution in [1.82, 2.24) is 5.32 Å². The van der Waals surface area contributed by atoms with Gasteiger partial charge in [0.1, 0.15) is 5.75 Å². The van der Waals surface area contributed by atoms with Crippen LogP contribution in [0.2, 0.25) is 0 Å². The van der Waals surface area contributed by atoms with E-state index in [-0.39, 0.29) is 0 Å². The molecule has 1 aromatic rings. The summed E-state index contributed by atoms with van der Waals surface area (Å²) in [5.74, 6) is 0.880. The number of methoxy groups -OCH3 is 1. The Morgan fingerprint density at radius 1 is 1.33 bits per heavy atom. The van der Waals surface area contributed by atoms with E-state index < -0.39 is 14.6 Å². The molecule has 1 atom stereocenters. The van der Waals surface area contributed by atoms with Crippen LogP contribution in [0.25, 0.3) is 0 Å². The highest BCUT2D eigenvalue weighted by Gasteiger charge is 2.31. The number of hydrogen-bond acceptors (Lipinski definition) is 4. The van der Waals surface area contributed by atoms with Crippen molar-refractivity contribution >= 4 is 9.84 Å². The molecule has 0 heterocycles. The zero-order chi connectivity index (χ0) is 15.7. The SMILES string of the molecule is COc1ccc2c(c1)CC(NCC(C)(C)S(C)(=O)=O)CC2. The number of nitrogens with one attached hydrogen (secondary N) is 1. The van der Waals surface area contributed by atoms with Crippen LogP contribution >= 0.6 is 0 Å². The fraction of sp³-hybridized carbons (Fsp3) is 0.625. The summed E-state index contributed by atoms with van der Waals surface area (Å²) in [4.78, 5) is 0. The highest BCUT2D eigenvalue weighted by molar-refractivity contribution is 7.92. The van der Waals surface area contributed by atoms with E-state index in [0.29, 0.717) is 12.6 Å². The first-order valence-corrected chi connectivity index (χ1v) is 9.21. The highest BCUT2D eigenvalue weighted by atomic mass is 32.2. The summed E-state index contributed by atoms with van der Waals surface area (Å²) in [5.41, 5.74) is 2.67. The lowest BCUT2D eigenvalue weighted by Gasteiger charge is -2.30. The van der Waals surface area contributed by atoms with E-state index in [0.717, 1.165) is 25.0 Å². The third kappa shape index (κ3) is 3.77. The number of benzene rings is 1.